The van der Waals surface area contributed by atoms with Crippen molar-refractivity contribution in [3.05, 3.63) is 38.7 Å². The Kier molecular flexibility index (Phi) is 4.62. The van der Waals surface area contributed by atoms with Gasteiger partial charge in [0, 0.05) is 27.2 Å². The van der Waals surface area contributed by atoms with Crippen LogP contribution in [0.3, 0.4) is 0 Å². The van der Waals surface area contributed by atoms with Crippen molar-refractivity contribution in [3.8, 4) is 0 Å². The van der Waals surface area contributed by atoms with Crippen LogP contribution in [0.15, 0.2) is 21.7 Å². The van der Waals surface area contributed by atoms with Crippen molar-refractivity contribution in [2.24, 2.45) is 14.1 Å². The lowest BCUT2D eigenvalue weighted by Crippen LogP contribution is -2.57. The molecule has 0 spiro atoms. The summed E-state index contributed by atoms with van der Waals surface area (Å²) >= 11 is 0. The molecular weight excluding hydrogens is 338 g/mol. The van der Waals surface area contributed by atoms with Gasteiger partial charge >= 0.3 is 5.69 Å². The molecule has 0 bridgehead atoms. The molecule has 138 valence electrons. The summed E-state index contributed by atoms with van der Waals surface area (Å²) in [5.41, 5.74) is -0.717. The molecular formula is C17H21N5O4. The fourth-order valence-electron chi connectivity index (χ4n) is 3.24. The number of nitrogens with one attached hydrogen (secondary N) is 1. The Morgan fingerprint density at radius 2 is 1.96 bits per heavy atom. The molecule has 2 aromatic rings. The van der Waals surface area contributed by atoms with Crippen LogP contribution in [0.1, 0.15) is 30.3 Å². The average Bonchev–Trinajstić information content (AvgIpc) is 2.65. The molecule has 1 saturated heterocycles. The molecule has 0 aromatic carbocycles. The minimum atomic E-state index is -0.536. The van der Waals surface area contributed by atoms with Gasteiger partial charge < -0.3 is 10.2 Å². The second-order valence-electron chi connectivity index (χ2n) is 6.37. The van der Waals surface area contributed by atoms with Crippen LogP contribution in [0.25, 0.3) is 11.0 Å². The third-order valence-corrected chi connectivity index (χ3v) is 4.67. The van der Waals surface area contributed by atoms with Crippen LogP contribution >= 0.6 is 0 Å². The number of aryl methyl sites for hydroxylation is 1. The number of hydrogen-bond acceptors (Lipinski definition) is 5. The lowest BCUT2D eigenvalue weighted by Gasteiger charge is -2.34. The summed E-state index contributed by atoms with van der Waals surface area (Å²) in [6.07, 6.45) is 1.32. The average molecular weight is 359 g/mol. The molecule has 0 saturated carbocycles. The molecule has 9 nitrogen and oxygen atoms in total. The molecule has 0 radical (unpaired) electrons. The Morgan fingerprint density at radius 1 is 1.23 bits per heavy atom. The Bertz CT molecular complexity index is 1010. The van der Waals surface area contributed by atoms with Crippen LogP contribution in [0.5, 0.6) is 0 Å². The van der Waals surface area contributed by atoms with Crippen molar-refractivity contribution < 1.29 is 9.59 Å². The lowest BCUT2D eigenvalue weighted by atomic mass is 10.1. The van der Waals surface area contributed by atoms with Gasteiger partial charge in [0.1, 0.15) is 17.4 Å². The summed E-state index contributed by atoms with van der Waals surface area (Å²) in [6, 6.07) is 2.42. The first kappa shape index (κ1) is 17.8. The maximum Gasteiger partial charge on any atom is 0.332 e. The zero-order valence-electron chi connectivity index (χ0n) is 15.0. The van der Waals surface area contributed by atoms with E-state index >= 15 is 0 Å². The molecule has 1 fully saturated rings. The Balaban J connectivity index is 2.07. The van der Waals surface area contributed by atoms with E-state index in [1.54, 1.807) is 0 Å². The van der Waals surface area contributed by atoms with Crippen molar-refractivity contribution in [1.29, 1.82) is 0 Å². The second-order valence-corrected chi connectivity index (χ2v) is 6.37. The van der Waals surface area contributed by atoms with Crippen LogP contribution in [-0.2, 0) is 18.9 Å². The van der Waals surface area contributed by atoms with Crippen molar-refractivity contribution in [3.63, 3.8) is 0 Å². The zero-order valence-corrected chi connectivity index (χ0v) is 15.0. The summed E-state index contributed by atoms with van der Waals surface area (Å²) in [5, 5.41) is 3.03. The van der Waals surface area contributed by atoms with E-state index in [0.29, 0.717) is 19.5 Å². The van der Waals surface area contributed by atoms with E-state index in [0.717, 1.165) is 11.0 Å². The number of amides is 2. The number of rotatable bonds is 3. The highest BCUT2D eigenvalue weighted by atomic mass is 16.2. The number of carbonyl (C=O) groups is 2. The highest BCUT2D eigenvalue weighted by Gasteiger charge is 2.33. The van der Waals surface area contributed by atoms with Crippen LogP contribution in [0.2, 0.25) is 0 Å². The molecule has 3 heterocycles. The molecule has 0 aliphatic carbocycles. The van der Waals surface area contributed by atoms with E-state index in [-0.39, 0.29) is 28.5 Å². The first-order chi connectivity index (χ1) is 12.4. The molecule has 2 amide bonds. The highest BCUT2D eigenvalue weighted by Crippen LogP contribution is 2.15. The highest BCUT2D eigenvalue weighted by molar-refractivity contribution is 5.98. The number of fused-ring (bicyclic) bond motifs is 1. The zero-order chi connectivity index (χ0) is 19.0. The Hall–Kier alpha value is -2.97. The maximum absolute atomic E-state index is 12.9. The molecule has 1 aliphatic rings. The molecule has 26 heavy (non-hydrogen) atoms. The fourth-order valence-corrected chi connectivity index (χ4v) is 3.24. The van der Waals surface area contributed by atoms with Gasteiger partial charge in [-0.2, -0.15) is 0 Å². The van der Waals surface area contributed by atoms with Gasteiger partial charge in [-0.05, 0) is 18.6 Å². The first-order valence-corrected chi connectivity index (χ1v) is 8.52. The summed E-state index contributed by atoms with van der Waals surface area (Å²) < 4.78 is 2.23. The molecule has 9 heteroatoms. The number of piperazine rings is 1. The van der Waals surface area contributed by atoms with Crippen molar-refractivity contribution in [2.45, 2.75) is 25.8 Å². The lowest BCUT2D eigenvalue weighted by molar-refractivity contribution is -0.128. The van der Waals surface area contributed by atoms with E-state index in [1.807, 2.05) is 6.92 Å². The van der Waals surface area contributed by atoms with E-state index in [2.05, 4.69) is 10.3 Å². The molecule has 1 aliphatic heterocycles. The van der Waals surface area contributed by atoms with Gasteiger partial charge in [0.05, 0.1) is 5.39 Å². The van der Waals surface area contributed by atoms with Crippen LogP contribution in [0, 0.1) is 0 Å². The van der Waals surface area contributed by atoms with E-state index < -0.39 is 17.3 Å². The van der Waals surface area contributed by atoms with Crippen molar-refractivity contribution >= 4 is 22.8 Å². The first-order valence-electron chi connectivity index (χ1n) is 8.52. The maximum atomic E-state index is 12.9. The second kappa shape index (κ2) is 6.74. The third kappa shape index (κ3) is 2.79. The molecule has 1 N–H and O–H groups in total. The standard InChI is InChI=1S/C17H21N5O4/c1-4-5-12-14(23)18-8-9-22(12)16(25)11-7-6-10-13(19-11)20(2)17(26)21(3)15(10)24/h6-7,12H,4-5,8-9H2,1-3H3,(H,18,23). The summed E-state index contributed by atoms with van der Waals surface area (Å²) in [7, 11) is 2.89. The van der Waals surface area contributed by atoms with Gasteiger partial charge in [-0.15, -0.1) is 0 Å². The fraction of sp³-hybridized carbons (Fsp3) is 0.471. The number of nitrogens with zero attached hydrogens (tertiary/aromatic N) is 4. The predicted molar refractivity (Wildman–Crippen MR) is 95.0 cm³/mol. The Labute approximate surface area is 149 Å². The number of hydrogen-bond donors (Lipinski definition) is 1. The number of aromatic nitrogens is 3. The van der Waals surface area contributed by atoms with Gasteiger partial charge in [0.15, 0.2) is 0 Å². The largest absolute Gasteiger partial charge is 0.353 e. The van der Waals surface area contributed by atoms with E-state index in [1.165, 1.54) is 35.7 Å². The predicted octanol–water partition coefficient (Wildman–Crippen LogP) is -0.627. The van der Waals surface area contributed by atoms with Gasteiger partial charge in [-0.1, -0.05) is 13.3 Å². The smallest absolute Gasteiger partial charge is 0.332 e. The van der Waals surface area contributed by atoms with Crippen LogP contribution < -0.4 is 16.6 Å². The minimum absolute atomic E-state index is 0.108. The SMILES string of the molecule is CCCC1C(=O)NCCN1C(=O)c1ccc2c(=O)n(C)c(=O)n(C)c2n1. The summed E-state index contributed by atoms with van der Waals surface area (Å²) in [6.45, 7) is 2.73. The quantitative estimate of drug-likeness (QED) is 0.786. The topological polar surface area (TPSA) is 106 Å². The summed E-state index contributed by atoms with van der Waals surface area (Å²) in [4.78, 5) is 55.1. The van der Waals surface area contributed by atoms with Crippen molar-refractivity contribution in [1.82, 2.24) is 24.3 Å². The monoisotopic (exact) mass is 359 g/mol. The minimum Gasteiger partial charge on any atom is -0.353 e. The molecule has 3 rings (SSSR count). The van der Waals surface area contributed by atoms with Gasteiger partial charge in [-0.3, -0.25) is 23.5 Å². The Morgan fingerprint density at radius 3 is 2.65 bits per heavy atom. The number of pyridine rings is 1. The van der Waals surface area contributed by atoms with Gasteiger partial charge in [-0.25, -0.2) is 9.78 Å². The van der Waals surface area contributed by atoms with Gasteiger partial charge in [0.25, 0.3) is 11.5 Å². The van der Waals surface area contributed by atoms with Crippen molar-refractivity contribution in [2.75, 3.05) is 13.1 Å². The normalized spacial score (nSPS) is 17.4. The summed E-state index contributed by atoms with van der Waals surface area (Å²) in [5.74, 6) is -0.554. The molecule has 2 aromatic heterocycles. The molecule has 1 unspecified atom stereocenters. The molecule has 1 atom stereocenters. The number of carbonyl (C=O) groups excluding carboxylic acids is 2. The third-order valence-electron chi connectivity index (χ3n) is 4.67. The van der Waals surface area contributed by atoms with Crippen LogP contribution in [-0.4, -0.2) is 50.0 Å². The van der Waals surface area contributed by atoms with E-state index in [9.17, 15) is 19.2 Å². The van der Waals surface area contributed by atoms with Crippen LogP contribution in [0.4, 0.5) is 0 Å². The van der Waals surface area contributed by atoms with Gasteiger partial charge in [0.2, 0.25) is 5.91 Å². The van der Waals surface area contributed by atoms with E-state index in [4.69, 9.17) is 0 Å².